The molecular formula is C23H21F4N3O2S. The summed E-state index contributed by atoms with van der Waals surface area (Å²) in [5.41, 5.74) is 7.96. The number of amides is 1. The second-order valence-corrected chi connectivity index (χ2v) is 8.43. The number of carbonyl (C=O) groups is 1. The number of thioether (sulfide) groups is 1. The summed E-state index contributed by atoms with van der Waals surface area (Å²) in [6.07, 6.45) is -4.41. The van der Waals surface area contributed by atoms with Crippen LogP contribution < -0.4 is 10.6 Å². The van der Waals surface area contributed by atoms with Crippen molar-refractivity contribution in [3.8, 4) is 0 Å². The Morgan fingerprint density at radius 3 is 2.52 bits per heavy atom. The third kappa shape index (κ3) is 5.75. The van der Waals surface area contributed by atoms with E-state index >= 15 is 0 Å². The van der Waals surface area contributed by atoms with Crippen LogP contribution in [0.4, 0.5) is 23.2 Å². The fraction of sp³-hybridized carbons (Fsp3) is 0.217. The molecule has 1 aliphatic heterocycles. The highest BCUT2D eigenvalue weighted by atomic mass is 32.2. The van der Waals surface area contributed by atoms with Gasteiger partial charge in [0, 0.05) is 28.3 Å². The minimum Gasteiger partial charge on any atom is -0.399 e. The number of benzene rings is 2. The molecule has 0 spiro atoms. The molecule has 0 radical (unpaired) electrons. The van der Waals surface area contributed by atoms with Crippen LogP contribution in [0.15, 0.2) is 65.4 Å². The van der Waals surface area contributed by atoms with Gasteiger partial charge in [0.15, 0.2) is 0 Å². The summed E-state index contributed by atoms with van der Waals surface area (Å²) in [6, 6.07) is 9.65. The fourth-order valence-electron chi connectivity index (χ4n) is 3.07. The Bertz CT molecular complexity index is 1130. The molecule has 0 saturated heterocycles. The van der Waals surface area contributed by atoms with Crippen LogP contribution in [0.3, 0.4) is 0 Å². The summed E-state index contributed by atoms with van der Waals surface area (Å²) in [7, 11) is 0. The summed E-state index contributed by atoms with van der Waals surface area (Å²) < 4.78 is 51.8. The number of rotatable bonds is 6. The number of oxime groups is 1. The summed E-state index contributed by atoms with van der Waals surface area (Å²) in [6.45, 7) is 8.10. The molecule has 2 aromatic carbocycles. The van der Waals surface area contributed by atoms with Crippen molar-refractivity contribution >= 4 is 34.8 Å². The molecule has 0 unspecified atom stereocenters. The maximum Gasteiger partial charge on any atom is 0.451 e. The lowest BCUT2D eigenvalue weighted by molar-refractivity contribution is -0.130. The first-order valence-electron chi connectivity index (χ1n) is 9.76. The van der Waals surface area contributed by atoms with Crippen molar-refractivity contribution < 1.29 is 27.2 Å². The van der Waals surface area contributed by atoms with E-state index in [1.165, 1.54) is 30.8 Å². The van der Waals surface area contributed by atoms with Crippen LogP contribution in [-0.4, -0.2) is 23.5 Å². The second kappa shape index (κ2) is 9.70. The Morgan fingerprint density at radius 2 is 1.91 bits per heavy atom. The minimum absolute atomic E-state index is 0.0616. The Labute approximate surface area is 192 Å². The fourth-order valence-corrected chi connectivity index (χ4v) is 4.07. The Kier molecular flexibility index (Phi) is 7.16. The van der Waals surface area contributed by atoms with Crippen LogP contribution in [0.5, 0.6) is 0 Å². The predicted molar refractivity (Wildman–Crippen MR) is 121 cm³/mol. The summed E-state index contributed by atoms with van der Waals surface area (Å²) in [5.74, 6) is -1.52. The highest BCUT2D eigenvalue weighted by molar-refractivity contribution is 7.99. The largest absolute Gasteiger partial charge is 0.451 e. The van der Waals surface area contributed by atoms with Crippen molar-refractivity contribution in [1.29, 1.82) is 0 Å². The van der Waals surface area contributed by atoms with E-state index in [1.54, 1.807) is 29.2 Å². The van der Waals surface area contributed by atoms with E-state index in [2.05, 4.69) is 23.2 Å². The third-order valence-corrected chi connectivity index (χ3v) is 5.93. The van der Waals surface area contributed by atoms with Gasteiger partial charge in [-0.1, -0.05) is 36.0 Å². The number of halogens is 4. The van der Waals surface area contributed by atoms with E-state index in [-0.39, 0.29) is 35.8 Å². The zero-order valence-electron chi connectivity index (χ0n) is 17.7. The van der Waals surface area contributed by atoms with Gasteiger partial charge in [-0.15, -0.1) is 11.8 Å². The molecular weight excluding hydrogens is 458 g/mol. The second-order valence-electron chi connectivity index (χ2n) is 7.29. The van der Waals surface area contributed by atoms with E-state index < -0.39 is 17.8 Å². The molecule has 3 rings (SSSR count). The lowest BCUT2D eigenvalue weighted by Gasteiger charge is -2.24. The number of hydrogen-bond acceptors (Lipinski definition) is 5. The molecule has 33 heavy (non-hydrogen) atoms. The van der Waals surface area contributed by atoms with Crippen molar-refractivity contribution in [3.05, 3.63) is 77.8 Å². The van der Waals surface area contributed by atoms with Gasteiger partial charge in [-0.05, 0) is 36.8 Å². The first-order valence-corrected chi connectivity index (χ1v) is 10.7. The number of allylic oxidation sites excluding steroid dienone is 1. The number of hydrogen-bond donors (Lipinski definition) is 1. The van der Waals surface area contributed by atoms with Gasteiger partial charge in [-0.3, -0.25) is 4.79 Å². The quantitative estimate of drug-likeness (QED) is 0.253. The van der Waals surface area contributed by atoms with Crippen molar-refractivity contribution in [2.24, 2.45) is 10.9 Å². The molecule has 1 aliphatic rings. The van der Waals surface area contributed by atoms with Crippen molar-refractivity contribution in [3.63, 3.8) is 0 Å². The van der Waals surface area contributed by atoms with Crippen molar-refractivity contribution in [2.75, 3.05) is 10.7 Å². The van der Waals surface area contributed by atoms with Crippen LogP contribution in [0.1, 0.15) is 30.0 Å². The van der Waals surface area contributed by atoms with Gasteiger partial charge < -0.3 is 15.5 Å². The lowest BCUT2D eigenvalue weighted by Crippen LogP contribution is -2.30. The monoisotopic (exact) mass is 479 g/mol. The van der Waals surface area contributed by atoms with Gasteiger partial charge in [0.25, 0.3) is 0 Å². The first kappa shape index (κ1) is 24.4. The average Bonchev–Trinajstić information content (AvgIpc) is 2.89. The van der Waals surface area contributed by atoms with Crippen LogP contribution in [0.2, 0.25) is 0 Å². The van der Waals surface area contributed by atoms with Gasteiger partial charge >= 0.3 is 6.18 Å². The maximum atomic E-state index is 14.4. The van der Waals surface area contributed by atoms with Crippen molar-refractivity contribution in [2.45, 2.75) is 31.0 Å². The maximum absolute atomic E-state index is 14.4. The number of alkyl halides is 3. The molecule has 1 amide bonds. The van der Waals surface area contributed by atoms with E-state index in [4.69, 9.17) is 5.73 Å². The van der Waals surface area contributed by atoms with Gasteiger partial charge in [0.1, 0.15) is 5.82 Å². The lowest BCUT2D eigenvalue weighted by atomic mass is 10.1. The van der Waals surface area contributed by atoms with Gasteiger partial charge in [0.05, 0.1) is 17.9 Å². The van der Waals surface area contributed by atoms with E-state index in [1.807, 2.05) is 0 Å². The van der Waals surface area contributed by atoms with E-state index in [9.17, 15) is 22.4 Å². The van der Waals surface area contributed by atoms with Crippen LogP contribution in [0, 0.1) is 5.82 Å². The van der Waals surface area contributed by atoms with Gasteiger partial charge in [-0.2, -0.15) is 13.2 Å². The van der Waals surface area contributed by atoms with Crippen LogP contribution >= 0.6 is 11.8 Å². The normalized spacial score (nSPS) is 14.5. The zero-order chi connectivity index (χ0) is 24.3. The molecule has 0 atom stereocenters. The number of anilines is 1. The predicted octanol–water partition coefficient (Wildman–Crippen LogP) is 5.60. The molecule has 2 aromatic rings. The minimum atomic E-state index is -4.69. The number of nitrogens with two attached hydrogens (primary N) is 1. The smallest absolute Gasteiger partial charge is 0.399 e. The van der Waals surface area contributed by atoms with Crippen LogP contribution in [0.25, 0.3) is 5.70 Å². The average molecular weight is 479 g/mol. The third-order valence-electron chi connectivity index (χ3n) is 4.88. The molecule has 5 nitrogen and oxygen atoms in total. The highest BCUT2D eigenvalue weighted by Gasteiger charge is 2.35. The van der Waals surface area contributed by atoms with E-state index in [0.29, 0.717) is 21.9 Å². The summed E-state index contributed by atoms with van der Waals surface area (Å²) >= 11 is 1.39. The summed E-state index contributed by atoms with van der Waals surface area (Å²) in [5, 5.41) is 3.47. The topological polar surface area (TPSA) is 67.9 Å². The molecule has 10 heteroatoms. The number of carbonyl (C=O) groups excluding carboxylic acids is 1. The van der Waals surface area contributed by atoms with Gasteiger partial charge in [0.2, 0.25) is 11.7 Å². The van der Waals surface area contributed by atoms with E-state index in [0.717, 1.165) is 5.56 Å². The zero-order valence-corrected chi connectivity index (χ0v) is 18.5. The summed E-state index contributed by atoms with van der Waals surface area (Å²) in [4.78, 5) is 19.3. The Hall–Kier alpha value is -3.27. The Balaban J connectivity index is 1.83. The molecule has 2 N–H and O–H groups in total. The Morgan fingerprint density at radius 1 is 1.24 bits per heavy atom. The molecule has 0 bridgehead atoms. The molecule has 1 heterocycles. The number of fused-ring (bicyclic) bond motifs is 1. The van der Waals surface area contributed by atoms with Crippen molar-refractivity contribution in [1.82, 2.24) is 0 Å². The van der Waals surface area contributed by atoms with Gasteiger partial charge in [-0.25, -0.2) is 4.39 Å². The SMILES string of the molecule is C=C(N)c1cc2c(cc1F)SCCC(=O)N2Cc1ccc(/C(C)=N/OC(=C)C(F)(F)F)cc1. The highest BCUT2D eigenvalue weighted by Crippen LogP contribution is 2.38. The molecule has 174 valence electrons. The number of nitrogens with zero attached hydrogens (tertiary/aromatic N) is 2. The molecule has 0 saturated carbocycles. The molecule has 0 fully saturated rings. The molecule has 0 aliphatic carbocycles. The first-order chi connectivity index (χ1) is 15.5. The standard InChI is InChI=1S/C23H21F4N3O2S/c1-13(28)18-10-20-21(11-19(18)24)33-9-8-22(31)30(20)12-16-4-6-17(7-5-16)14(2)29-32-15(3)23(25,26)27/h4-7,10-11H,1,3,8-9,12,28H2,2H3/b29-14+. The molecule has 0 aromatic heterocycles. The van der Waals surface area contributed by atoms with Crippen LogP contribution in [-0.2, 0) is 16.2 Å².